The second-order valence-corrected chi connectivity index (χ2v) is 8.12. The Balaban J connectivity index is 1.93. The van der Waals surface area contributed by atoms with Crippen molar-refractivity contribution in [2.24, 2.45) is 5.14 Å². The molecule has 0 aromatic heterocycles. The zero-order chi connectivity index (χ0) is 21.0. The number of carbonyl (C=O) groups excluding carboxylic acids is 1. The minimum atomic E-state index is -3.89. The van der Waals surface area contributed by atoms with Crippen LogP contribution in [0.3, 0.4) is 0 Å². The van der Waals surface area contributed by atoms with Crippen molar-refractivity contribution in [3.8, 4) is 0 Å². The maximum absolute atomic E-state index is 13.0. The van der Waals surface area contributed by atoms with E-state index in [4.69, 9.17) is 5.14 Å². The van der Waals surface area contributed by atoms with E-state index in [2.05, 4.69) is 5.32 Å². The number of primary sulfonamides is 1. The smallest absolute Gasteiger partial charge is 0.257 e. The molecule has 29 heavy (non-hydrogen) atoms. The fourth-order valence-corrected chi connectivity index (χ4v) is 4.01. The number of benzene rings is 3. The summed E-state index contributed by atoms with van der Waals surface area (Å²) in [5.74, 6) is -0.340. The lowest BCUT2D eigenvalue weighted by molar-refractivity contribution is 0.102. The van der Waals surface area contributed by atoms with Crippen molar-refractivity contribution in [2.75, 3.05) is 17.3 Å². The zero-order valence-electron chi connectivity index (χ0n) is 16.3. The molecule has 3 rings (SSSR count). The second kappa shape index (κ2) is 8.46. The van der Waals surface area contributed by atoms with E-state index in [9.17, 15) is 13.2 Å². The van der Waals surface area contributed by atoms with Crippen LogP contribution in [0.15, 0.2) is 77.7 Å². The Morgan fingerprint density at radius 1 is 1.00 bits per heavy atom. The van der Waals surface area contributed by atoms with E-state index in [-0.39, 0.29) is 10.8 Å². The van der Waals surface area contributed by atoms with Gasteiger partial charge >= 0.3 is 0 Å². The molecule has 0 spiro atoms. The van der Waals surface area contributed by atoms with Crippen LogP contribution in [0, 0.1) is 0 Å². The fourth-order valence-electron chi connectivity index (χ4n) is 3.14. The number of nitrogens with two attached hydrogens (primary N) is 1. The summed E-state index contributed by atoms with van der Waals surface area (Å²) >= 11 is 0. The third-order valence-electron chi connectivity index (χ3n) is 4.67. The Hall–Kier alpha value is -3.16. The lowest BCUT2D eigenvalue weighted by atomic mass is 10.1. The summed E-state index contributed by atoms with van der Waals surface area (Å²) in [7, 11) is -2.00. The number of aryl methyl sites for hydroxylation is 1. The molecule has 0 saturated carbocycles. The van der Waals surface area contributed by atoms with Crippen LogP contribution in [0.1, 0.15) is 22.8 Å². The number of carbonyl (C=O) groups is 1. The molecule has 0 radical (unpaired) electrons. The first kappa shape index (κ1) is 20.6. The first-order chi connectivity index (χ1) is 13.8. The summed E-state index contributed by atoms with van der Waals surface area (Å²) in [5, 5.41) is 8.11. The molecule has 0 unspecified atom stereocenters. The quantitative estimate of drug-likeness (QED) is 0.645. The first-order valence-electron chi connectivity index (χ1n) is 9.16. The normalized spacial score (nSPS) is 11.1. The highest BCUT2D eigenvalue weighted by molar-refractivity contribution is 7.89. The van der Waals surface area contributed by atoms with Gasteiger partial charge in [-0.3, -0.25) is 4.79 Å². The lowest BCUT2D eigenvalue weighted by Gasteiger charge is -2.22. The molecule has 1 amide bonds. The molecule has 0 atom stereocenters. The van der Waals surface area contributed by atoms with Gasteiger partial charge in [-0.1, -0.05) is 43.3 Å². The van der Waals surface area contributed by atoms with Crippen molar-refractivity contribution in [2.45, 2.75) is 18.2 Å². The Kier molecular flexibility index (Phi) is 6.00. The van der Waals surface area contributed by atoms with Gasteiger partial charge < -0.3 is 10.2 Å². The van der Waals surface area contributed by atoms with Gasteiger partial charge in [-0.25, -0.2) is 13.6 Å². The maximum Gasteiger partial charge on any atom is 0.257 e. The van der Waals surface area contributed by atoms with Crippen LogP contribution < -0.4 is 15.4 Å². The molecular formula is C22H23N3O3S. The molecule has 0 bridgehead atoms. The van der Waals surface area contributed by atoms with Gasteiger partial charge in [0.15, 0.2) is 0 Å². The number of amides is 1. The number of hydrogen-bond donors (Lipinski definition) is 2. The monoisotopic (exact) mass is 409 g/mol. The predicted octanol–water partition coefficient (Wildman–Crippen LogP) is 3.92. The number of nitrogens with zero attached hydrogens (tertiary/aromatic N) is 1. The van der Waals surface area contributed by atoms with E-state index in [0.29, 0.717) is 23.2 Å². The highest BCUT2D eigenvalue weighted by Crippen LogP contribution is 2.28. The van der Waals surface area contributed by atoms with Gasteiger partial charge in [0, 0.05) is 18.4 Å². The summed E-state index contributed by atoms with van der Waals surface area (Å²) in [5.41, 5.74) is 3.11. The summed E-state index contributed by atoms with van der Waals surface area (Å²) in [6.07, 6.45) is 0.519. The molecule has 6 nitrogen and oxygen atoms in total. The van der Waals surface area contributed by atoms with E-state index in [1.54, 1.807) is 24.3 Å². The van der Waals surface area contributed by atoms with E-state index in [1.165, 1.54) is 6.07 Å². The van der Waals surface area contributed by atoms with Crippen molar-refractivity contribution in [3.63, 3.8) is 0 Å². The topological polar surface area (TPSA) is 92.5 Å². The van der Waals surface area contributed by atoms with Gasteiger partial charge in [0.05, 0.1) is 16.1 Å². The lowest BCUT2D eigenvalue weighted by Crippen LogP contribution is -2.19. The number of nitrogens with one attached hydrogen (secondary N) is 1. The van der Waals surface area contributed by atoms with Crippen molar-refractivity contribution in [3.05, 3.63) is 83.9 Å². The number of hydrogen-bond acceptors (Lipinski definition) is 4. The molecule has 3 N–H and O–H groups in total. The van der Waals surface area contributed by atoms with E-state index >= 15 is 0 Å². The first-order valence-corrected chi connectivity index (χ1v) is 10.7. The second-order valence-electron chi connectivity index (χ2n) is 6.59. The molecule has 150 valence electrons. The number of sulfonamides is 1. The van der Waals surface area contributed by atoms with Crippen molar-refractivity contribution < 1.29 is 13.2 Å². The molecule has 0 aliphatic rings. The molecule has 0 aliphatic heterocycles. The van der Waals surface area contributed by atoms with Crippen LogP contribution in [-0.2, 0) is 16.4 Å². The van der Waals surface area contributed by atoms with E-state index in [0.717, 1.165) is 11.4 Å². The molecule has 3 aromatic carbocycles. The van der Waals surface area contributed by atoms with E-state index < -0.39 is 10.0 Å². The van der Waals surface area contributed by atoms with Gasteiger partial charge in [-0.05, 0) is 48.4 Å². The largest absolute Gasteiger partial charge is 0.344 e. The molecule has 3 aromatic rings. The molecule has 0 fully saturated rings. The average molecular weight is 410 g/mol. The van der Waals surface area contributed by atoms with Crippen LogP contribution in [0.2, 0.25) is 0 Å². The fraction of sp³-hybridized carbons (Fsp3) is 0.136. The summed E-state index contributed by atoms with van der Waals surface area (Å²) in [4.78, 5) is 14.9. The Morgan fingerprint density at radius 3 is 2.31 bits per heavy atom. The Bertz CT molecular complexity index is 1130. The number of anilines is 3. The predicted molar refractivity (Wildman–Crippen MR) is 116 cm³/mol. The summed E-state index contributed by atoms with van der Waals surface area (Å²) in [6, 6.07) is 21.7. The number of para-hydroxylation sites is 2. The van der Waals surface area contributed by atoms with Crippen LogP contribution in [-0.4, -0.2) is 21.4 Å². The third-order valence-corrected chi connectivity index (χ3v) is 5.66. The minimum absolute atomic E-state index is 0.0208. The standard InChI is InChI=1S/C22H23N3O3S/c1-3-16-13-14-17(15-21(16)29(23,27)28)24-22(26)19-11-7-8-12-20(19)25(2)18-9-5-4-6-10-18/h4-15H,3H2,1-2H3,(H,24,26)(H2,23,27,28). The SMILES string of the molecule is CCc1ccc(NC(=O)c2ccccc2N(C)c2ccccc2)cc1S(N)(=O)=O. The maximum atomic E-state index is 13.0. The van der Waals surface area contributed by atoms with Gasteiger partial charge in [0.25, 0.3) is 5.91 Å². The molecule has 0 saturated heterocycles. The highest BCUT2D eigenvalue weighted by Gasteiger charge is 2.18. The molecule has 0 heterocycles. The molecular weight excluding hydrogens is 386 g/mol. The van der Waals surface area contributed by atoms with Gasteiger partial charge in [-0.2, -0.15) is 0 Å². The summed E-state index contributed by atoms with van der Waals surface area (Å²) < 4.78 is 23.8. The van der Waals surface area contributed by atoms with Crippen molar-refractivity contribution >= 4 is 33.0 Å². The van der Waals surface area contributed by atoms with Crippen LogP contribution in [0.25, 0.3) is 0 Å². The number of rotatable bonds is 6. The highest BCUT2D eigenvalue weighted by atomic mass is 32.2. The minimum Gasteiger partial charge on any atom is -0.344 e. The van der Waals surface area contributed by atoms with Crippen molar-refractivity contribution in [1.82, 2.24) is 0 Å². The Morgan fingerprint density at radius 2 is 1.66 bits per heavy atom. The van der Waals surface area contributed by atoms with Crippen LogP contribution >= 0.6 is 0 Å². The summed E-state index contributed by atoms with van der Waals surface area (Å²) in [6.45, 7) is 1.85. The molecule has 7 heteroatoms. The Labute approximate surface area is 171 Å². The van der Waals surface area contributed by atoms with Crippen LogP contribution in [0.5, 0.6) is 0 Å². The average Bonchev–Trinajstić information content (AvgIpc) is 2.73. The zero-order valence-corrected chi connectivity index (χ0v) is 17.1. The van der Waals surface area contributed by atoms with Crippen molar-refractivity contribution in [1.29, 1.82) is 0 Å². The third kappa shape index (κ3) is 4.64. The molecule has 0 aliphatic carbocycles. The van der Waals surface area contributed by atoms with Gasteiger partial charge in [-0.15, -0.1) is 0 Å². The van der Waals surface area contributed by atoms with Gasteiger partial charge in [0.1, 0.15) is 0 Å². The van der Waals surface area contributed by atoms with Crippen LogP contribution in [0.4, 0.5) is 17.1 Å². The van der Waals surface area contributed by atoms with Gasteiger partial charge in [0.2, 0.25) is 10.0 Å². The van der Waals surface area contributed by atoms with E-state index in [1.807, 2.05) is 61.3 Å².